The highest BCUT2D eigenvalue weighted by Gasteiger charge is 2.24. The van der Waals surface area contributed by atoms with E-state index in [1.54, 1.807) is 17.0 Å². The Kier molecular flexibility index (Phi) is 11.1. The van der Waals surface area contributed by atoms with Crippen LogP contribution in [0.25, 0.3) is 5.70 Å². The SMILES string of the molecule is C=CN1C=C(c2c(F)ccc(N)c2F)N=C/C1=C(\C(C)=O)C(C)CC.CCCc1ccc(C(=O)OC)cc1N. The van der Waals surface area contributed by atoms with E-state index in [2.05, 4.69) is 23.2 Å². The van der Waals surface area contributed by atoms with Crippen molar-refractivity contribution in [1.82, 2.24) is 4.90 Å². The van der Waals surface area contributed by atoms with Crippen LogP contribution in [0.4, 0.5) is 20.2 Å². The van der Waals surface area contributed by atoms with E-state index in [4.69, 9.17) is 11.5 Å². The number of ketones is 1. The number of nitrogen functional groups attached to an aromatic ring is 2. The Labute approximate surface area is 228 Å². The maximum atomic E-state index is 14.3. The van der Waals surface area contributed by atoms with Crippen molar-refractivity contribution in [3.8, 4) is 0 Å². The zero-order chi connectivity index (χ0) is 29.3. The molecule has 2 aromatic carbocycles. The Balaban J connectivity index is 0.000000322. The number of nitrogens with zero attached hydrogens (tertiary/aromatic N) is 2. The Hall–Kier alpha value is -4.27. The standard InChI is InChI=1S/C19H21F2N3O.C11H15NO2/c1-5-11(3)17(12(4)25)16-9-23-15(10-24(16)6-2)18-13(20)7-8-14(22)19(18)21;1-3-4-8-5-6-9(7-10(8)12)11(13)14-2/h6-11H,2,5,22H2,1,3-4H3;5-7H,3-4,12H2,1-2H3/b17-16+;. The van der Waals surface area contributed by atoms with Crippen LogP contribution in [0, 0.1) is 17.6 Å². The summed E-state index contributed by atoms with van der Waals surface area (Å²) in [6.45, 7) is 11.2. The van der Waals surface area contributed by atoms with Gasteiger partial charge < -0.3 is 21.1 Å². The van der Waals surface area contributed by atoms with Gasteiger partial charge in [0.05, 0.1) is 41.5 Å². The van der Waals surface area contributed by atoms with Gasteiger partial charge in [-0.15, -0.1) is 0 Å². The molecular weight excluding hydrogens is 502 g/mol. The largest absolute Gasteiger partial charge is 0.465 e. The van der Waals surface area contributed by atoms with Gasteiger partial charge in [0.15, 0.2) is 11.6 Å². The van der Waals surface area contributed by atoms with Crippen molar-refractivity contribution in [2.24, 2.45) is 10.9 Å². The van der Waals surface area contributed by atoms with Crippen molar-refractivity contribution >= 4 is 35.0 Å². The molecule has 0 bridgehead atoms. The minimum atomic E-state index is -0.867. The zero-order valence-electron chi connectivity index (χ0n) is 23.1. The van der Waals surface area contributed by atoms with Crippen LogP contribution in [0.15, 0.2) is 65.6 Å². The van der Waals surface area contributed by atoms with Crippen LogP contribution in [0.2, 0.25) is 0 Å². The normalized spacial score (nSPS) is 14.5. The van der Waals surface area contributed by atoms with Crippen molar-refractivity contribution < 1.29 is 23.1 Å². The van der Waals surface area contributed by atoms with Crippen LogP contribution in [0.5, 0.6) is 0 Å². The van der Waals surface area contributed by atoms with Gasteiger partial charge >= 0.3 is 5.97 Å². The number of halogens is 2. The number of Topliss-reactive ketones (excluding diaryl/α,β-unsaturated/α-hetero) is 1. The smallest absolute Gasteiger partial charge is 0.337 e. The van der Waals surface area contributed by atoms with Crippen molar-refractivity contribution in [3.63, 3.8) is 0 Å². The number of hydrogen-bond acceptors (Lipinski definition) is 7. The monoisotopic (exact) mass is 538 g/mol. The fourth-order valence-electron chi connectivity index (χ4n) is 4.04. The second kappa shape index (κ2) is 14.0. The molecule has 0 saturated carbocycles. The van der Waals surface area contributed by atoms with Gasteiger partial charge in [-0.2, -0.15) is 0 Å². The van der Waals surface area contributed by atoms with E-state index in [0.717, 1.165) is 37.0 Å². The molecule has 0 aliphatic carbocycles. The molecule has 208 valence electrons. The number of benzene rings is 2. The second-order valence-corrected chi connectivity index (χ2v) is 9.01. The average Bonchev–Trinajstić information content (AvgIpc) is 2.92. The first-order chi connectivity index (χ1) is 18.5. The average molecular weight is 539 g/mol. The van der Waals surface area contributed by atoms with E-state index in [-0.39, 0.29) is 34.6 Å². The lowest BCUT2D eigenvalue weighted by atomic mass is 9.92. The van der Waals surface area contributed by atoms with Crippen LogP contribution in [0.1, 0.15) is 62.0 Å². The first-order valence-corrected chi connectivity index (χ1v) is 12.6. The molecule has 0 amide bonds. The third kappa shape index (κ3) is 7.40. The van der Waals surface area contributed by atoms with E-state index in [9.17, 15) is 18.4 Å². The van der Waals surface area contributed by atoms with Crippen LogP contribution in [-0.4, -0.2) is 30.0 Å². The fourth-order valence-corrected chi connectivity index (χ4v) is 4.04. The van der Waals surface area contributed by atoms with Gasteiger partial charge in [0.1, 0.15) is 5.82 Å². The number of nitrogens with two attached hydrogens (primary N) is 2. The molecule has 1 atom stereocenters. The summed E-state index contributed by atoms with van der Waals surface area (Å²) in [4.78, 5) is 28.9. The molecule has 1 aliphatic rings. The minimum absolute atomic E-state index is 0.0113. The molecular formula is C30H36F2N4O3. The molecule has 7 nitrogen and oxygen atoms in total. The molecule has 0 fully saturated rings. The van der Waals surface area contributed by atoms with E-state index in [1.807, 2.05) is 19.9 Å². The highest BCUT2D eigenvalue weighted by atomic mass is 19.1. The van der Waals surface area contributed by atoms with Gasteiger partial charge in [0.25, 0.3) is 0 Å². The number of aliphatic imine (C=N–C) groups is 1. The quantitative estimate of drug-likeness (QED) is 0.233. The van der Waals surface area contributed by atoms with Gasteiger partial charge in [-0.1, -0.05) is 39.8 Å². The molecule has 0 spiro atoms. The van der Waals surface area contributed by atoms with E-state index < -0.39 is 11.6 Å². The summed E-state index contributed by atoms with van der Waals surface area (Å²) in [6, 6.07) is 7.54. The summed E-state index contributed by atoms with van der Waals surface area (Å²) in [5.74, 6) is -2.05. The summed E-state index contributed by atoms with van der Waals surface area (Å²) in [5.41, 5.74) is 14.3. The molecule has 39 heavy (non-hydrogen) atoms. The molecule has 4 N–H and O–H groups in total. The Morgan fingerprint density at radius 1 is 1.15 bits per heavy atom. The first-order valence-electron chi connectivity index (χ1n) is 12.6. The van der Waals surface area contributed by atoms with Gasteiger partial charge in [0, 0.05) is 23.7 Å². The Bertz CT molecular complexity index is 1330. The third-order valence-electron chi connectivity index (χ3n) is 6.29. The molecule has 0 saturated heterocycles. The summed E-state index contributed by atoms with van der Waals surface area (Å²) >= 11 is 0. The zero-order valence-corrected chi connectivity index (χ0v) is 23.1. The first kappa shape index (κ1) is 31.0. The number of carbonyl (C=O) groups excluding carboxylic acids is 2. The molecule has 1 heterocycles. The highest BCUT2D eigenvalue weighted by Crippen LogP contribution is 2.31. The second-order valence-electron chi connectivity index (χ2n) is 9.01. The predicted molar refractivity (Wildman–Crippen MR) is 153 cm³/mol. The number of anilines is 2. The number of esters is 1. The van der Waals surface area contributed by atoms with Crippen LogP contribution < -0.4 is 11.5 Å². The van der Waals surface area contributed by atoms with E-state index in [0.29, 0.717) is 22.5 Å². The van der Waals surface area contributed by atoms with Crippen molar-refractivity contribution in [2.75, 3.05) is 18.6 Å². The van der Waals surface area contributed by atoms with E-state index in [1.165, 1.54) is 32.6 Å². The summed E-state index contributed by atoms with van der Waals surface area (Å²) in [5, 5.41) is 0. The summed E-state index contributed by atoms with van der Waals surface area (Å²) in [6.07, 6.45) is 7.09. The van der Waals surface area contributed by atoms with Crippen molar-refractivity contribution in [1.29, 1.82) is 0 Å². The van der Waals surface area contributed by atoms with Crippen molar-refractivity contribution in [3.05, 3.63) is 88.9 Å². The summed E-state index contributed by atoms with van der Waals surface area (Å²) in [7, 11) is 1.36. The topological polar surface area (TPSA) is 111 Å². The summed E-state index contributed by atoms with van der Waals surface area (Å²) < 4.78 is 32.9. The lowest BCUT2D eigenvalue weighted by Crippen LogP contribution is -2.22. The number of allylic oxidation sites excluding steroid dienone is 2. The van der Waals surface area contributed by atoms with Gasteiger partial charge in [0.2, 0.25) is 0 Å². The predicted octanol–water partition coefficient (Wildman–Crippen LogP) is 6.27. The highest BCUT2D eigenvalue weighted by molar-refractivity contribution is 6.01. The molecule has 1 aliphatic heterocycles. The lowest BCUT2D eigenvalue weighted by Gasteiger charge is -2.26. The number of hydrogen-bond donors (Lipinski definition) is 2. The van der Waals surface area contributed by atoms with Gasteiger partial charge in [-0.3, -0.25) is 9.79 Å². The van der Waals surface area contributed by atoms with Gasteiger partial charge in [-0.05, 0) is 55.5 Å². The lowest BCUT2D eigenvalue weighted by molar-refractivity contribution is -0.114. The molecule has 0 aromatic heterocycles. The van der Waals surface area contributed by atoms with Crippen LogP contribution in [0.3, 0.4) is 0 Å². The number of carbonyl (C=O) groups is 2. The van der Waals surface area contributed by atoms with E-state index >= 15 is 0 Å². The molecule has 3 rings (SSSR count). The van der Waals surface area contributed by atoms with Crippen molar-refractivity contribution in [2.45, 2.75) is 47.0 Å². The number of ether oxygens (including phenoxy) is 1. The molecule has 2 aromatic rings. The maximum Gasteiger partial charge on any atom is 0.337 e. The Morgan fingerprint density at radius 3 is 2.38 bits per heavy atom. The Morgan fingerprint density at radius 2 is 1.85 bits per heavy atom. The third-order valence-corrected chi connectivity index (χ3v) is 6.29. The number of methoxy groups -OCH3 is 1. The molecule has 1 unspecified atom stereocenters. The molecule has 0 radical (unpaired) electrons. The number of rotatable bonds is 8. The van der Waals surface area contributed by atoms with Gasteiger partial charge in [-0.25, -0.2) is 13.6 Å². The van der Waals surface area contributed by atoms with Crippen LogP contribution >= 0.6 is 0 Å². The maximum absolute atomic E-state index is 14.3. The minimum Gasteiger partial charge on any atom is -0.465 e. The number of aryl methyl sites for hydroxylation is 1. The fraction of sp³-hybridized carbons (Fsp3) is 0.300. The van der Waals surface area contributed by atoms with Crippen LogP contribution in [-0.2, 0) is 16.0 Å². The molecule has 9 heteroatoms.